The molecule has 1 aromatic heterocycles. The van der Waals surface area contributed by atoms with Gasteiger partial charge in [0.05, 0.1) is 15.4 Å². The minimum Gasteiger partial charge on any atom is -0.485 e. The average molecular weight is 531 g/mol. The van der Waals surface area contributed by atoms with Gasteiger partial charge in [-0.15, -0.1) is 0 Å². The Morgan fingerprint density at radius 3 is 1.97 bits per heavy atom. The van der Waals surface area contributed by atoms with Crippen molar-refractivity contribution in [3.63, 3.8) is 0 Å². The van der Waals surface area contributed by atoms with Crippen LogP contribution in [0.3, 0.4) is 0 Å². The summed E-state index contributed by atoms with van der Waals surface area (Å²) < 4.78 is 33.0. The van der Waals surface area contributed by atoms with Crippen molar-refractivity contribution in [2.24, 2.45) is 0 Å². The van der Waals surface area contributed by atoms with Gasteiger partial charge in [-0.25, -0.2) is 14.4 Å². The van der Waals surface area contributed by atoms with Gasteiger partial charge in [0.2, 0.25) is 5.88 Å². The molecule has 0 aliphatic carbocycles. The van der Waals surface area contributed by atoms with Crippen LogP contribution < -0.4 is 14.2 Å². The van der Waals surface area contributed by atoms with E-state index in [1.165, 1.54) is 12.4 Å². The number of ether oxygens (including phenoxy) is 3. The number of hydrogen-bond donors (Lipinski definition) is 0. The molecule has 174 valence electrons. The van der Waals surface area contributed by atoms with Gasteiger partial charge in [-0.2, -0.15) is 0 Å². The minimum absolute atomic E-state index is 0.0514. The molecule has 0 atom stereocenters. The largest absolute Gasteiger partial charge is 0.485 e. The third kappa shape index (κ3) is 5.41. The number of aromatic nitrogens is 2. The summed E-state index contributed by atoms with van der Waals surface area (Å²) in [5.41, 5.74) is 2.62. The first-order valence-corrected chi connectivity index (χ1v) is 11.7. The van der Waals surface area contributed by atoms with Crippen LogP contribution in [0.1, 0.15) is 11.1 Å². The molecule has 5 nitrogen and oxygen atoms in total. The van der Waals surface area contributed by atoms with E-state index in [1.54, 1.807) is 24.3 Å². The van der Waals surface area contributed by atoms with Crippen molar-refractivity contribution in [3.05, 3.63) is 119 Å². The van der Waals surface area contributed by atoms with E-state index in [4.69, 9.17) is 14.2 Å². The maximum atomic E-state index is 14.5. The second-order valence-electron chi connectivity index (χ2n) is 7.70. The molecule has 0 aliphatic heterocycles. The van der Waals surface area contributed by atoms with Crippen molar-refractivity contribution in [2.75, 3.05) is 0 Å². The molecule has 0 amide bonds. The minimum atomic E-state index is -0.511. The van der Waals surface area contributed by atoms with Gasteiger partial charge in [0.1, 0.15) is 19.5 Å². The van der Waals surface area contributed by atoms with Gasteiger partial charge >= 0.3 is 0 Å². The third-order valence-electron chi connectivity index (χ3n) is 5.26. The number of hydrogen-bond acceptors (Lipinski definition) is 5. The standard InChI is InChI=1S/C28H20BrFN2O3/c29-22-12-7-13-24(27(22)30)35-28-21-14-25(33-16-19-8-3-1-4-9-19)26(15-23(21)31-18-32-28)34-17-20-10-5-2-6-11-20/h1-15,18H,16-17H2. The van der Waals surface area contributed by atoms with Crippen LogP contribution in [-0.2, 0) is 13.2 Å². The summed E-state index contributed by atoms with van der Waals surface area (Å²) >= 11 is 3.19. The molecule has 35 heavy (non-hydrogen) atoms. The average Bonchev–Trinajstić information content (AvgIpc) is 2.90. The van der Waals surface area contributed by atoms with E-state index in [-0.39, 0.29) is 11.6 Å². The highest BCUT2D eigenvalue weighted by Crippen LogP contribution is 2.38. The van der Waals surface area contributed by atoms with Gasteiger partial charge in [0.15, 0.2) is 23.1 Å². The number of rotatable bonds is 8. The molecule has 0 N–H and O–H groups in total. The number of nitrogens with zero attached hydrogens (tertiary/aromatic N) is 2. The molecule has 5 aromatic rings. The first-order chi connectivity index (χ1) is 17.2. The Kier molecular flexibility index (Phi) is 6.86. The number of benzene rings is 4. The summed E-state index contributed by atoms with van der Waals surface area (Å²) in [7, 11) is 0. The lowest BCUT2D eigenvalue weighted by Crippen LogP contribution is -2.02. The van der Waals surface area contributed by atoms with Crippen LogP contribution in [0, 0.1) is 5.82 Å². The maximum absolute atomic E-state index is 14.5. The maximum Gasteiger partial charge on any atom is 0.230 e. The summed E-state index contributed by atoms with van der Waals surface area (Å²) in [6.07, 6.45) is 1.37. The van der Waals surface area contributed by atoms with E-state index in [0.717, 1.165) is 11.1 Å². The summed E-state index contributed by atoms with van der Waals surface area (Å²) in [6.45, 7) is 0.712. The Morgan fingerprint density at radius 2 is 1.31 bits per heavy atom. The summed E-state index contributed by atoms with van der Waals surface area (Å²) in [4.78, 5) is 8.61. The van der Waals surface area contributed by atoms with Crippen LogP contribution in [0.2, 0.25) is 0 Å². The zero-order chi connectivity index (χ0) is 24.0. The molecule has 0 saturated heterocycles. The molecule has 0 saturated carbocycles. The molecular weight excluding hydrogens is 511 g/mol. The van der Waals surface area contributed by atoms with Crippen molar-refractivity contribution in [3.8, 4) is 23.1 Å². The molecule has 5 rings (SSSR count). The SMILES string of the molecule is Fc1c(Br)cccc1Oc1ncnc2cc(OCc3ccccc3)c(OCc3ccccc3)cc12. The van der Waals surface area contributed by atoms with E-state index in [2.05, 4.69) is 25.9 Å². The summed E-state index contributed by atoms with van der Waals surface area (Å²) in [5.74, 6) is 0.798. The number of fused-ring (bicyclic) bond motifs is 1. The van der Waals surface area contributed by atoms with Gasteiger partial charge in [-0.1, -0.05) is 66.7 Å². The lowest BCUT2D eigenvalue weighted by molar-refractivity contribution is 0.256. The fraction of sp³-hybridized carbons (Fsp3) is 0.0714. The Morgan fingerprint density at radius 1 is 0.686 bits per heavy atom. The molecule has 0 unspecified atom stereocenters. The first kappa shape index (κ1) is 22.8. The van der Waals surface area contributed by atoms with Gasteiger partial charge in [0.25, 0.3) is 0 Å². The molecule has 1 heterocycles. The van der Waals surface area contributed by atoms with Crippen molar-refractivity contribution < 1.29 is 18.6 Å². The second kappa shape index (κ2) is 10.5. The zero-order valence-corrected chi connectivity index (χ0v) is 20.1. The third-order valence-corrected chi connectivity index (χ3v) is 5.87. The Bertz CT molecular complexity index is 1450. The Labute approximate surface area is 210 Å². The van der Waals surface area contributed by atoms with E-state index >= 15 is 0 Å². The van der Waals surface area contributed by atoms with E-state index < -0.39 is 5.82 Å². The van der Waals surface area contributed by atoms with E-state index in [1.807, 2.05) is 60.7 Å². The topological polar surface area (TPSA) is 53.5 Å². The zero-order valence-electron chi connectivity index (χ0n) is 18.5. The van der Waals surface area contributed by atoms with Crippen LogP contribution >= 0.6 is 15.9 Å². The Balaban J connectivity index is 1.51. The van der Waals surface area contributed by atoms with Crippen LogP contribution in [0.15, 0.2) is 102 Å². The highest BCUT2D eigenvalue weighted by atomic mass is 79.9. The summed E-state index contributed by atoms with van der Waals surface area (Å²) in [6, 6.07) is 28.1. The lowest BCUT2D eigenvalue weighted by Gasteiger charge is -2.15. The molecule has 0 spiro atoms. The van der Waals surface area contributed by atoms with Crippen molar-refractivity contribution >= 4 is 26.8 Å². The molecular formula is C28H20BrFN2O3. The van der Waals surface area contributed by atoms with Crippen LogP contribution in [0.5, 0.6) is 23.1 Å². The normalized spacial score (nSPS) is 10.8. The van der Waals surface area contributed by atoms with Gasteiger partial charge < -0.3 is 14.2 Å². The van der Waals surface area contributed by atoms with Crippen LogP contribution in [0.25, 0.3) is 10.9 Å². The fourth-order valence-electron chi connectivity index (χ4n) is 3.48. The van der Waals surface area contributed by atoms with Crippen LogP contribution in [-0.4, -0.2) is 9.97 Å². The predicted molar refractivity (Wildman–Crippen MR) is 135 cm³/mol. The first-order valence-electron chi connectivity index (χ1n) is 10.9. The van der Waals surface area contributed by atoms with Gasteiger partial charge in [-0.3, -0.25) is 0 Å². The van der Waals surface area contributed by atoms with E-state index in [0.29, 0.717) is 40.1 Å². The van der Waals surface area contributed by atoms with E-state index in [9.17, 15) is 4.39 Å². The molecule has 0 bridgehead atoms. The quantitative estimate of drug-likeness (QED) is 0.208. The molecule has 4 aromatic carbocycles. The van der Waals surface area contributed by atoms with Gasteiger partial charge in [-0.05, 0) is 45.3 Å². The smallest absolute Gasteiger partial charge is 0.230 e. The molecule has 0 radical (unpaired) electrons. The number of halogens is 2. The highest BCUT2D eigenvalue weighted by Gasteiger charge is 2.16. The predicted octanol–water partition coefficient (Wildman–Crippen LogP) is 7.48. The lowest BCUT2D eigenvalue weighted by atomic mass is 10.2. The molecule has 0 fully saturated rings. The molecule has 7 heteroatoms. The van der Waals surface area contributed by atoms with Gasteiger partial charge in [0, 0.05) is 6.07 Å². The van der Waals surface area contributed by atoms with Crippen molar-refractivity contribution in [1.29, 1.82) is 0 Å². The monoisotopic (exact) mass is 530 g/mol. The molecule has 0 aliphatic rings. The van der Waals surface area contributed by atoms with Crippen molar-refractivity contribution in [1.82, 2.24) is 9.97 Å². The van der Waals surface area contributed by atoms with Crippen molar-refractivity contribution in [2.45, 2.75) is 13.2 Å². The highest BCUT2D eigenvalue weighted by molar-refractivity contribution is 9.10. The summed E-state index contributed by atoms with van der Waals surface area (Å²) in [5, 5.41) is 0.571. The Hall–Kier alpha value is -3.97. The second-order valence-corrected chi connectivity index (χ2v) is 8.55. The van der Waals surface area contributed by atoms with Crippen LogP contribution in [0.4, 0.5) is 4.39 Å². The fourth-order valence-corrected chi connectivity index (χ4v) is 3.83.